The van der Waals surface area contributed by atoms with Crippen molar-refractivity contribution in [1.82, 2.24) is 10.3 Å². The number of carbonyl (C=O) groups is 1. The molecular formula is C16H20N4O3S. The maximum Gasteiger partial charge on any atom is 0.319 e. The van der Waals surface area contributed by atoms with Crippen molar-refractivity contribution in [2.75, 3.05) is 36.6 Å². The number of nitrogens with one attached hydrogen (secondary N) is 2. The summed E-state index contributed by atoms with van der Waals surface area (Å²) in [4.78, 5) is 18.1. The molecule has 2 N–H and O–H groups in total. The molecule has 8 heteroatoms. The zero-order valence-corrected chi connectivity index (χ0v) is 14.4. The minimum atomic E-state index is -3.40. The average Bonchev–Trinajstić information content (AvgIpc) is 2.56. The Kier molecular flexibility index (Phi) is 5.75. The van der Waals surface area contributed by atoms with Gasteiger partial charge in [-0.1, -0.05) is 18.2 Å². The lowest BCUT2D eigenvalue weighted by molar-refractivity contribution is 0.252. The number of carbonyl (C=O) groups excluding carboxylic acids is 1. The Morgan fingerprint density at radius 1 is 1.12 bits per heavy atom. The second-order valence-corrected chi connectivity index (χ2v) is 7.42. The van der Waals surface area contributed by atoms with Crippen LogP contribution in [-0.4, -0.2) is 45.8 Å². The zero-order valence-electron chi connectivity index (χ0n) is 13.6. The van der Waals surface area contributed by atoms with Crippen molar-refractivity contribution in [1.29, 1.82) is 0 Å². The first-order chi connectivity index (χ1) is 11.4. The Labute approximate surface area is 141 Å². The minimum absolute atomic E-state index is 0.0201. The number of aromatic nitrogens is 1. The van der Waals surface area contributed by atoms with E-state index in [1.807, 2.05) is 19.0 Å². The number of nitrogens with zero attached hydrogens (tertiary/aromatic N) is 2. The van der Waals surface area contributed by atoms with Crippen molar-refractivity contribution >= 4 is 27.4 Å². The molecule has 0 atom stereocenters. The molecule has 2 aromatic rings. The molecule has 7 nitrogen and oxygen atoms in total. The number of hydrogen-bond donors (Lipinski definition) is 2. The SMILES string of the molecule is CN(C)c1ccc(NC(=O)NCCS(=O)(=O)c2ccccc2)cn1. The van der Waals surface area contributed by atoms with Crippen LogP contribution < -0.4 is 15.5 Å². The van der Waals surface area contributed by atoms with Crippen molar-refractivity contribution in [2.45, 2.75) is 4.90 Å². The summed E-state index contributed by atoms with van der Waals surface area (Å²) in [5, 5.41) is 5.14. The van der Waals surface area contributed by atoms with Gasteiger partial charge in [0.2, 0.25) is 0 Å². The number of pyridine rings is 1. The van der Waals surface area contributed by atoms with Gasteiger partial charge in [0.05, 0.1) is 22.5 Å². The Balaban J connectivity index is 1.83. The Morgan fingerprint density at radius 3 is 2.42 bits per heavy atom. The van der Waals surface area contributed by atoms with Gasteiger partial charge in [-0.3, -0.25) is 0 Å². The van der Waals surface area contributed by atoms with E-state index >= 15 is 0 Å². The molecule has 0 aliphatic rings. The Hall–Kier alpha value is -2.61. The third-order valence-corrected chi connectivity index (χ3v) is 4.95. The predicted octanol–water partition coefficient (Wildman–Crippen LogP) is 1.74. The first kappa shape index (κ1) is 17.7. The monoisotopic (exact) mass is 348 g/mol. The van der Waals surface area contributed by atoms with E-state index in [-0.39, 0.29) is 17.2 Å². The average molecular weight is 348 g/mol. The summed E-state index contributed by atoms with van der Waals surface area (Å²) >= 11 is 0. The molecule has 0 fully saturated rings. The van der Waals surface area contributed by atoms with Gasteiger partial charge in [0.15, 0.2) is 9.84 Å². The molecular weight excluding hydrogens is 328 g/mol. The van der Waals surface area contributed by atoms with Gasteiger partial charge in [-0.15, -0.1) is 0 Å². The van der Waals surface area contributed by atoms with Crippen LogP contribution >= 0.6 is 0 Å². The number of anilines is 2. The summed E-state index contributed by atoms with van der Waals surface area (Å²) in [6.07, 6.45) is 1.54. The van der Waals surface area contributed by atoms with Crippen LogP contribution in [0.4, 0.5) is 16.3 Å². The van der Waals surface area contributed by atoms with Gasteiger partial charge in [-0.25, -0.2) is 18.2 Å². The third-order valence-electron chi connectivity index (χ3n) is 3.22. The van der Waals surface area contributed by atoms with Crippen molar-refractivity contribution in [2.24, 2.45) is 0 Å². The van der Waals surface area contributed by atoms with Gasteiger partial charge in [0.25, 0.3) is 0 Å². The van der Waals surface area contributed by atoms with Gasteiger partial charge >= 0.3 is 6.03 Å². The Morgan fingerprint density at radius 2 is 1.83 bits per heavy atom. The van der Waals surface area contributed by atoms with E-state index in [1.54, 1.807) is 30.3 Å². The van der Waals surface area contributed by atoms with Crippen LogP contribution in [0.15, 0.2) is 53.6 Å². The zero-order chi connectivity index (χ0) is 17.6. The Bertz CT molecular complexity index is 775. The highest BCUT2D eigenvalue weighted by atomic mass is 32.2. The topological polar surface area (TPSA) is 91.4 Å². The van der Waals surface area contributed by atoms with Crippen LogP contribution in [0.5, 0.6) is 0 Å². The van der Waals surface area contributed by atoms with Crippen LogP contribution in [0.2, 0.25) is 0 Å². The highest BCUT2D eigenvalue weighted by Crippen LogP contribution is 2.11. The fourth-order valence-electron chi connectivity index (χ4n) is 1.94. The van der Waals surface area contributed by atoms with Crippen LogP contribution in [0, 0.1) is 0 Å². The molecule has 0 bridgehead atoms. The molecule has 1 aromatic carbocycles. The first-order valence-electron chi connectivity index (χ1n) is 7.34. The number of rotatable bonds is 6. The maximum atomic E-state index is 12.1. The smallest absolute Gasteiger partial charge is 0.319 e. The van der Waals surface area contributed by atoms with Gasteiger partial charge in [-0.2, -0.15) is 0 Å². The molecule has 0 radical (unpaired) electrons. The van der Waals surface area contributed by atoms with Crippen LogP contribution in [0.1, 0.15) is 0 Å². The van der Waals surface area contributed by atoms with Gasteiger partial charge in [-0.05, 0) is 24.3 Å². The highest BCUT2D eigenvalue weighted by molar-refractivity contribution is 7.91. The van der Waals surface area contributed by atoms with Crippen molar-refractivity contribution < 1.29 is 13.2 Å². The van der Waals surface area contributed by atoms with Gasteiger partial charge < -0.3 is 15.5 Å². The lowest BCUT2D eigenvalue weighted by Gasteiger charge is -2.12. The summed E-state index contributed by atoms with van der Waals surface area (Å²) in [5.41, 5.74) is 0.531. The van der Waals surface area contributed by atoms with E-state index in [9.17, 15) is 13.2 Å². The predicted molar refractivity (Wildman–Crippen MR) is 94.1 cm³/mol. The largest absolute Gasteiger partial charge is 0.363 e. The lowest BCUT2D eigenvalue weighted by atomic mass is 10.4. The van der Waals surface area contributed by atoms with Crippen molar-refractivity contribution in [3.8, 4) is 0 Å². The van der Waals surface area contributed by atoms with E-state index in [1.165, 1.54) is 18.3 Å². The standard InChI is InChI=1S/C16H20N4O3S/c1-20(2)15-9-8-13(12-18-15)19-16(21)17-10-11-24(22,23)14-6-4-3-5-7-14/h3-9,12H,10-11H2,1-2H3,(H2,17,19,21). The third kappa shape index (κ3) is 4.95. The number of urea groups is 1. The summed E-state index contributed by atoms with van der Waals surface area (Å²) in [6.45, 7) is 0.0201. The lowest BCUT2D eigenvalue weighted by Crippen LogP contribution is -2.32. The van der Waals surface area contributed by atoms with E-state index in [4.69, 9.17) is 0 Å². The van der Waals surface area contributed by atoms with Gasteiger partial charge in [0, 0.05) is 20.6 Å². The molecule has 24 heavy (non-hydrogen) atoms. The van der Waals surface area contributed by atoms with E-state index in [0.29, 0.717) is 5.69 Å². The summed E-state index contributed by atoms with van der Waals surface area (Å²) in [5.74, 6) is 0.609. The van der Waals surface area contributed by atoms with Crippen LogP contribution in [0.3, 0.4) is 0 Å². The molecule has 2 amide bonds. The van der Waals surface area contributed by atoms with E-state index in [2.05, 4.69) is 15.6 Å². The first-order valence-corrected chi connectivity index (χ1v) is 9.00. The summed E-state index contributed by atoms with van der Waals surface area (Å²) in [6, 6.07) is 11.2. The fraction of sp³-hybridized carbons (Fsp3) is 0.250. The molecule has 128 valence electrons. The number of amides is 2. The van der Waals surface area contributed by atoms with E-state index in [0.717, 1.165) is 5.82 Å². The molecule has 0 aliphatic carbocycles. The van der Waals surface area contributed by atoms with E-state index < -0.39 is 15.9 Å². The number of sulfone groups is 1. The van der Waals surface area contributed by atoms with Crippen molar-refractivity contribution in [3.05, 3.63) is 48.7 Å². The molecule has 0 saturated carbocycles. The quantitative estimate of drug-likeness (QED) is 0.830. The van der Waals surface area contributed by atoms with Crippen LogP contribution in [0.25, 0.3) is 0 Å². The van der Waals surface area contributed by atoms with Crippen LogP contribution in [-0.2, 0) is 9.84 Å². The summed E-state index contributed by atoms with van der Waals surface area (Å²) in [7, 11) is 0.336. The molecule has 1 heterocycles. The molecule has 2 rings (SSSR count). The molecule has 0 unspecified atom stereocenters. The normalized spacial score (nSPS) is 10.9. The molecule has 1 aromatic heterocycles. The molecule has 0 spiro atoms. The fourth-order valence-corrected chi connectivity index (χ4v) is 3.12. The number of hydrogen-bond acceptors (Lipinski definition) is 5. The second kappa shape index (κ2) is 7.78. The minimum Gasteiger partial charge on any atom is -0.363 e. The highest BCUT2D eigenvalue weighted by Gasteiger charge is 2.14. The summed E-state index contributed by atoms with van der Waals surface area (Å²) < 4.78 is 24.2. The number of benzene rings is 1. The maximum absolute atomic E-state index is 12.1. The second-order valence-electron chi connectivity index (χ2n) is 5.31. The molecule has 0 aliphatic heterocycles. The van der Waals surface area contributed by atoms with Gasteiger partial charge in [0.1, 0.15) is 5.82 Å². The van der Waals surface area contributed by atoms with Crippen molar-refractivity contribution in [3.63, 3.8) is 0 Å². The molecule has 0 saturated heterocycles.